The molecule has 0 amide bonds. The molecule has 0 saturated carbocycles. The summed E-state index contributed by atoms with van der Waals surface area (Å²) in [6.07, 6.45) is 1.96. The molecule has 2 aromatic rings. The van der Waals surface area contributed by atoms with Gasteiger partial charge in [0.1, 0.15) is 7.05 Å². The predicted octanol–water partition coefficient (Wildman–Crippen LogP) is 2.32. The van der Waals surface area contributed by atoms with Crippen molar-refractivity contribution < 1.29 is 4.57 Å². The molecule has 0 N–H and O–H groups in total. The fourth-order valence-electron chi connectivity index (χ4n) is 1.33. The Labute approximate surface area is 76.2 Å². The van der Waals surface area contributed by atoms with Gasteiger partial charge in [-0.3, -0.25) is 0 Å². The number of para-hydroxylation sites is 1. The van der Waals surface area contributed by atoms with Crippen LogP contribution in [0.3, 0.4) is 0 Å². The normalized spacial score (nSPS) is 10.5. The van der Waals surface area contributed by atoms with Crippen LogP contribution in [0.2, 0.25) is 5.02 Å². The standard InChI is InChI=1S/C10H9ClN/c1-12-7-6-9(11)8-4-2-3-5-10(8)12/h2-7H,1H3/q+1. The zero-order valence-electron chi connectivity index (χ0n) is 6.79. The Bertz CT molecular complexity index is 383. The van der Waals surface area contributed by atoms with Crippen molar-refractivity contribution in [1.82, 2.24) is 0 Å². The number of aryl methyl sites for hydroxylation is 1. The van der Waals surface area contributed by atoms with Crippen molar-refractivity contribution in [3.8, 4) is 0 Å². The number of benzene rings is 1. The van der Waals surface area contributed by atoms with Gasteiger partial charge in [-0.05, 0) is 6.07 Å². The van der Waals surface area contributed by atoms with Crippen molar-refractivity contribution in [2.45, 2.75) is 0 Å². The first-order chi connectivity index (χ1) is 5.79. The van der Waals surface area contributed by atoms with Crippen LogP contribution in [-0.4, -0.2) is 0 Å². The first kappa shape index (κ1) is 7.56. The molecule has 0 fully saturated rings. The molecule has 0 unspecified atom stereocenters. The highest BCUT2D eigenvalue weighted by Gasteiger charge is 2.05. The molecule has 0 bridgehead atoms. The van der Waals surface area contributed by atoms with E-state index in [0.717, 1.165) is 15.9 Å². The number of nitrogens with zero attached hydrogens (tertiary/aromatic N) is 1. The van der Waals surface area contributed by atoms with Gasteiger partial charge in [0.15, 0.2) is 6.20 Å². The third-order valence-corrected chi connectivity index (χ3v) is 2.32. The van der Waals surface area contributed by atoms with E-state index >= 15 is 0 Å². The first-order valence-corrected chi connectivity index (χ1v) is 4.20. The fraction of sp³-hybridized carbons (Fsp3) is 0.100. The predicted molar refractivity (Wildman–Crippen MR) is 50.1 cm³/mol. The zero-order valence-corrected chi connectivity index (χ0v) is 7.55. The third kappa shape index (κ3) is 1.07. The second-order valence-electron chi connectivity index (χ2n) is 2.79. The van der Waals surface area contributed by atoms with E-state index in [4.69, 9.17) is 11.6 Å². The summed E-state index contributed by atoms with van der Waals surface area (Å²) in [6, 6.07) is 10.00. The lowest BCUT2D eigenvalue weighted by Crippen LogP contribution is -2.27. The van der Waals surface area contributed by atoms with Crippen LogP contribution in [-0.2, 0) is 7.05 Å². The van der Waals surface area contributed by atoms with Gasteiger partial charge in [-0.25, -0.2) is 4.57 Å². The van der Waals surface area contributed by atoms with Crippen molar-refractivity contribution in [3.63, 3.8) is 0 Å². The molecule has 0 spiro atoms. The number of aromatic nitrogens is 1. The number of hydrogen-bond donors (Lipinski definition) is 0. The van der Waals surface area contributed by atoms with E-state index in [0.29, 0.717) is 0 Å². The average Bonchev–Trinajstić information content (AvgIpc) is 2.12. The molecule has 12 heavy (non-hydrogen) atoms. The number of fused-ring (bicyclic) bond motifs is 1. The number of halogens is 1. The SMILES string of the molecule is C[n+]1ccc(Cl)c2ccccc21. The lowest BCUT2D eigenvalue weighted by molar-refractivity contribution is -0.644. The summed E-state index contributed by atoms with van der Waals surface area (Å²) >= 11 is 6.02. The van der Waals surface area contributed by atoms with Gasteiger partial charge in [0, 0.05) is 12.1 Å². The summed E-state index contributed by atoms with van der Waals surface area (Å²) in [4.78, 5) is 0. The quantitative estimate of drug-likeness (QED) is 0.546. The monoisotopic (exact) mass is 178 g/mol. The molecule has 2 rings (SSSR count). The van der Waals surface area contributed by atoms with Crippen LogP contribution in [0, 0.1) is 0 Å². The minimum Gasteiger partial charge on any atom is -0.201 e. The molecule has 0 aliphatic carbocycles. The molecule has 60 valence electrons. The second kappa shape index (κ2) is 2.76. The smallest absolute Gasteiger partial charge is 0.201 e. The molecule has 0 aliphatic heterocycles. The maximum absolute atomic E-state index is 6.02. The summed E-state index contributed by atoms with van der Waals surface area (Å²) in [7, 11) is 2.01. The molecule has 1 heterocycles. The van der Waals surface area contributed by atoms with Gasteiger partial charge < -0.3 is 0 Å². The Morgan fingerprint density at radius 1 is 1.17 bits per heavy atom. The molecule has 0 aliphatic rings. The minimum absolute atomic E-state index is 0.809. The molecule has 1 aromatic carbocycles. The lowest BCUT2D eigenvalue weighted by Gasteiger charge is -1.96. The molecule has 0 atom stereocenters. The van der Waals surface area contributed by atoms with Crippen LogP contribution in [0.1, 0.15) is 0 Å². The number of rotatable bonds is 0. The van der Waals surface area contributed by atoms with Crippen LogP contribution >= 0.6 is 11.6 Å². The van der Waals surface area contributed by atoms with Crippen LogP contribution < -0.4 is 4.57 Å². The Hall–Kier alpha value is -1.08. The number of pyridine rings is 1. The summed E-state index contributed by atoms with van der Waals surface area (Å²) in [6.45, 7) is 0. The van der Waals surface area contributed by atoms with Crippen LogP contribution in [0.15, 0.2) is 36.5 Å². The summed E-state index contributed by atoms with van der Waals surface area (Å²) in [5, 5.41) is 1.91. The van der Waals surface area contributed by atoms with E-state index in [1.54, 1.807) is 0 Å². The fourth-order valence-corrected chi connectivity index (χ4v) is 1.55. The summed E-state index contributed by atoms with van der Waals surface area (Å²) in [5.74, 6) is 0. The van der Waals surface area contributed by atoms with Gasteiger partial charge in [-0.1, -0.05) is 23.7 Å². The van der Waals surface area contributed by atoms with Crippen LogP contribution in [0.25, 0.3) is 10.9 Å². The first-order valence-electron chi connectivity index (χ1n) is 3.82. The zero-order chi connectivity index (χ0) is 8.55. The van der Waals surface area contributed by atoms with Gasteiger partial charge in [-0.15, -0.1) is 0 Å². The molecule has 2 heteroatoms. The van der Waals surface area contributed by atoms with E-state index in [1.807, 2.05) is 37.5 Å². The molecule has 1 nitrogen and oxygen atoms in total. The highest BCUT2D eigenvalue weighted by molar-refractivity contribution is 6.35. The maximum Gasteiger partial charge on any atom is 0.213 e. The van der Waals surface area contributed by atoms with Crippen molar-refractivity contribution in [1.29, 1.82) is 0 Å². The third-order valence-electron chi connectivity index (χ3n) is 1.99. The van der Waals surface area contributed by atoms with Gasteiger partial charge in [0.25, 0.3) is 0 Å². The van der Waals surface area contributed by atoms with E-state index in [1.165, 1.54) is 0 Å². The van der Waals surface area contributed by atoms with Crippen LogP contribution in [0.5, 0.6) is 0 Å². The molecular weight excluding hydrogens is 170 g/mol. The number of hydrogen-bond acceptors (Lipinski definition) is 0. The Kier molecular flexibility index (Phi) is 1.74. The van der Waals surface area contributed by atoms with Crippen molar-refractivity contribution in [2.75, 3.05) is 0 Å². The van der Waals surface area contributed by atoms with Crippen molar-refractivity contribution >= 4 is 22.5 Å². The second-order valence-corrected chi connectivity index (χ2v) is 3.20. The summed E-state index contributed by atoms with van der Waals surface area (Å²) < 4.78 is 2.06. The Morgan fingerprint density at radius 2 is 1.92 bits per heavy atom. The Morgan fingerprint density at radius 3 is 2.67 bits per heavy atom. The molecule has 1 aromatic heterocycles. The maximum atomic E-state index is 6.02. The van der Waals surface area contributed by atoms with Crippen molar-refractivity contribution in [2.24, 2.45) is 7.05 Å². The molecule has 0 saturated heterocycles. The lowest BCUT2D eigenvalue weighted by atomic mass is 10.2. The highest BCUT2D eigenvalue weighted by atomic mass is 35.5. The average molecular weight is 179 g/mol. The molecule has 0 radical (unpaired) electrons. The van der Waals surface area contributed by atoms with Crippen LogP contribution in [0.4, 0.5) is 0 Å². The van der Waals surface area contributed by atoms with Gasteiger partial charge in [0.05, 0.1) is 10.4 Å². The van der Waals surface area contributed by atoms with Gasteiger partial charge >= 0.3 is 0 Å². The van der Waals surface area contributed by atoms with E-state index in [-0.39, 0.29) is 0 Å². The Balaban J connectivity index is 2.95. The van der Waals surface area contributed by atoms with Gasteiger partial charge in [0.2, 0.25) is 5.52 Å². The topological polar surface area (TPSA) is 3.88 Å². The largest absolute Gasteiger partial charge is 0.213 e. The highest BCUT2D eigenvalue weighted by Crippen LogP contribution is 2.18. The minimum atomic E-state index is 0.809. The summed E-state index contributed by atoms with van der Waals surface area (Å²) in [5.41, 5.74) is 1.16. The molecular formula is C10H9ClN+. The van der Waals surface area contributed by atoms with Gasteiger partial charge in [-0.2, -0.15) is 0 Å². The van der Waals surface area contributed by atoms with Crippen molar-refractivity contribution in [3.05, 3.63) is 41.6 Å². The van der Waals surface area contributed by atoms with E-state index < -0.39 is 0 Å². The van der Waals surface area contributed by atoms with E-state index in [2.05, 4.69) is 10.6 Å². The van der Waals surface area contributed by atoms with E-state index in [9.17, 15) is 0 Å².